The number of aryl methyl sites for hydroxylation is 2. The third-order valence-corrected chi connectivity index (χ3v) is 4.36. The molecule has 2 rings (SSSR count). The van der Waals surface area contributed by atoms with Crippen molar-refractivity contribution >= 4 is 32.5 Å². The highest BCUT2D eigenvalue weighted by atomic mass is 79.9. The molecule has 0 saturated heterocycles. The molecule has 0 aliphatic carbocycles. The molecule has 0 atom stereocenters. The molecule has 1 aromatic heterocycles. The largest absolute Gasteiger partial charge is 0.384 e. The zero-order valence-electron chi connectivity index (χ0n) is 12.3. The molecular formula is C16H21BrN2. The summed E-state index contributed by atoms with van der Waals surface area (Å²) in [6.07, 6.45) is 0. The summed E-state index contributed by atoms with van der Waals surface area (Å²) in [6.45, 7) is 11.7. The van der Waals surface area contributed by atoms with Crippen LogP contribution in [0, 0.1) is 13.8 Å². The standard InChI is InChI=1S/C16H21BrN2/c1-6-18-16-12-7-8-13(17)10(4)15(12)19-11(5)14(16)9(2)3/h7-9H,6H2,1-5H3,(H,18,19). The summed E-state index contributed by atoms with van der Waals surface area (Å²) in [6, 6.07) is 4.27. The quantitative estimate of drug-likeness (QED) is 0.843. The van der Waals surface area contributed by atoms with Gasteiger partial charge in [-0.15, -0.1) is 0 Å². The molecule has 1 heterocycles. The van der Waals surface area contributed by atoms with Crippen LogP contribution >= 0.6 is 15.9 Å². The maximum Gasteiger partial charge on any atom is 0.0766 e. The summed E-state index contributed by atoms with van der Waals surface area (Å²) in [4.78, 5) is 4.83. The van der Waals surface area contributed by atoms with E-state index in [0.717, 1.165) is 22.2 Å². The Hall–Kier alpha value is -1.09. The zero-order valence-corrected chi connectivity index (χ0v) is 13.9. The molecule has 0 amide bonds. The maximum absolute atomic E-state index is 4.83. The Balaban J connectivity index is 2.88. The third kappa shape index (κ3) is 2.48. The first kappa shape index (κ1) is 14.3. The second-order valence-electron chi connectivity index (χ2n) is 5.24. The number of halogens is 1. The van der Waals surface area contributed by atoms with E-state index in [1.165, 1.54) is 22.2 Å². The van der Waals surface area contributed by atoms with Gasteiger partial charge in [-0.05, 0) is 49.9 Å². The number of aromatic nitrogens is 1. The highest BCUT2D eigenvalue weighted by molar-refractivity contribution is 9.10. The highest BCUT2D eigenvalue weighted by Crippen LogP contribution is 2.36. The summed E-state index contributed by atoms with van der Waals surface area (Å²) in [7, 11) is 0. The van der Waals surface area contributed by atoms with Crippen molar-refractivity contribution in [2.45, 2.75) is 40.5 Å². The van der Waals surface area contributed by atoms with Gasteiger partial charge in [0.15, 0.2) is 0 Å². The average molecular weight is 321 g/mol. The van der Waals surface area contributed by atoms with Crippen LogP contribution in [-0.4, -0.2) is 11.5 Å². The van der Waals surface area contributed by atoms with Crippen LogP contribution in [0.15, 0.2) is 16.6 Å². The Morgan fingerprint density at radius 1 is 1.26 bits per heavy atom. The maximum atomic E-state index is 4.83. The van der Waals surface area contributed by atoms with Gasteiger partial charge in [-0.3, -0.25) is 4.98 Å². The number of hydrogen-bond donors (Lipinski definition) is 1. The van der Waals surface area contributed by atoms with Gasteiger partial charge in [-0.2, -0.15) is 0 Å². The van der Waals surface area contributed by atoms with Gasteiger partial charge in [0.2, 0.25) is 0 Å². The molecule has 0 unspecified atom stereocenters. The van der Waals surface area contributed by atoms with Crippen molar-refractivity contribution in [2.75, 3.05) is 11.9 Å². The fraction of sp³-hybridized carbons (Fsp3) is 0.438. The van der Waals surface area contributed by atoms with E-state index in [0.29, 0.717) is 5.92 Å². The van der Waals surface area contributed by atoms with E-state index in [2.05, 4.69) is 68.0 Å². The Morgan fingerprint density at radius 2 is 1.95 bits per heavy atom. The lowest BCUT2D eigenvalue weighted by molar-refractivity contribution is 0.847. The van der Waals surface area contributed by atoms with Crippen LogP contribution in [0.4, 0.5) is 5.69 Å². The van der Waals surface area contributed by atoms with Crippen LogP contribution in [-0.2, 0) is 0 Å². The topological polar surface area (TPSA) is 24.9 Å². The Morgan fingerprint density at radius 3 is 2.53 bits per heavy atom. The monoisotopic (exact) mass is 320 g/mol. The van der Waals surface area contributed by atoms with E-state index >= 15 is 0 Å². The summed E-state index contributed by atoms with van der Waals surface area (Å²) < 4.78 is 1.12. The zero-order chi connectivity index (χ0) is 14.2. The lowest BCUT2D eigenvalue weighted by Gasteiger charge is -2.20. The number of hydrogen-bond acceptors (Lipinski definition) is 2. The molecule has 1 aromatic carbocycles. The van der Waals surface area contributed by atoms with Gasteiger partial charge >= 0.3 is 0 Å². The van der Waals surface area contributed by atoms with Crippen LogP contribution in [0.25, 0.3) is 10.9 Å². The lowest BCUT2D eigenvalue weighted by Crippen LogP contribution is -2.07. The van der Waals surface area contributed by atoms with Gasteiger partial charge in [-0.25, -0.2) is 0 Å². The van der Waals surface area contributed by atoms with Gasteiger partial charge in [0.25, 0.3) is 0 Å². The molecule has 2 nitrogen and oxygen atoms in total. The van der Waals surface area contributed by atoms with E-state index in [1.54, 1.807) is 0 Å². The van der Waals surface area contributed by atoms with E-state index in [4.69, 9.17) is 4.98 Å². The van der Waals surface area contributed by atoms with Crippen molar-refractivity contribution in [1.29, 1.82) is 0 Å². The van der Waals surface area contributed by atoms with Crippen LogP contribution in [0.3, 0.4) is 0 Å². The molecule has 2 aromatic rings. The fourth-order valence-electron chi connectivity index (χ4n) is 2.65. The van der Waals surface area contributed by atoms with E-state index in [-0.39, 0.29) is 0 Å². The first-order chi connectivity index (χ1) is 8.97. The third-order valence-electron chi connectivity index (χ3n) is 3.50. The van der Waals surface area contributed by atoms with Crippen LogP contribution in [0.1, 0.15) is 43.5 Å². The molecule has 1 N–H and O–H groups in total. The van der Waals surface area contributed by atoms with Crippen molar-refractivity contribution in [3.8, 4) is 0 Å². The van der Waals surface area contributed by atoms with Gasteiger partial charge in [0, 0.05) is 27.8 Å². The summed E-state index contributed by atoms with van der Waals surface area (Å²) in [5.41, 5.74) is 5.99. The second-order valence-corrected chi connectivity index (χ2v) is 6.09. The van der Waals surface area contributed by atoms with Crippen LogP contribution < -0.4 is 5.32 Å². The molecule has 0 spiro atoms. The average Bonchev–Trinajstić information content (AvgIpc) is 2.34. The summed E-state index contributed by atoms with van der Waals surface area (Å²) in [5.74, 6) is 0.468. The van der Waals surface area contributed by atoms with Crippen molar-refractivity contribution < 1.29 is 0 Å². The van der Waals surface area contributed by atoms with Crippen molar-refractivity contribution in [1.82, 2.24) is 4.98 Å². The highest BCUT2D eigenvalue weighted by Gasteiger charge is 2.16. The van der Waals surface area contributed by atoms with Crippen molar-refractivity contribution in [2.24, 2.45) is 0 Å². The molecule has 3 heteroatoms. The number of anilines is 1. The second kappa shape index (κ2) is 5.49. The normalized spacial score (nSPS) is 11.3. The first-order valence-corrected chi connectivity index (χ1v) is 7.59. The van der Waals surface area contributed by atoms with Gasteiger partial charge in [0.05, 0.1) is 5.52 Å². The van der Waals surface area contributed by atoms with Crippen molar-refractivity contribution in [3.05, 3.63) is 33.4 Å². The Labute approximate surface area is 123 Å². The Bertz CT molecular complexity index is 618. The number of benzene rings is 1. The number of fused-ring (bicyclic) bond motifs is 1. The molecule has 0 bridgehead atoms. The van der Waals surface area contributed by atoms with Crippen LogP contribution in [0.5, 0.6) is 0 Å². The van der Waals surface area contributed by atoms with E-state index in [1.807, 2.05) is 0 Å². The van der Waals surface area contributed by atoms with Gasteiger partial charge < -0.3 is 5.32 Å². The molecule has 0 fully saturated rings. The Kier molecular flexibility index (Phi) is 4.14. The molecule has 0 aliphatic rings. The predicted octanol–water partition coefficient (Wildman–Crippen LogP) is 5.17. The smallest absolute Gasteiger partial charge is 0.0766 e. The first-order valence-electron chi connectivity index (χ1n) is 6.80. The molecule has 0 saturated carbocycles. The number of pyridine rings is 1. The minimum absolute atomic E-state index is 0.468. The van der Waals surface area contributed by atoms with Crippen LogP contribution in [0.2, 0.25) is 0 Å². The summed E-state index contributed by atoms with van der Waals surface area (Å²) in [5, 5.41) is 4.75. The number of rotatable bonds is 3. The predicted molar refractivity (Wildman–Crippen MR) is 87.2 cm³/mol. The lowest BCUT2D eigenvalue weighted by atomic mass is 9.95. The van der Waals surface area contributed by atoms with Gasteiger partial charge in [0.1, 0.15) is 0 Å². The molecule has 19 heavy (non-hydrogen) atoms. The van der Waals surface area contributed by atoms with E-state index < -0.39 is 0 Å². The summed E-state index contributed by atoms with van der Waals surface area (Å²) >= 11 is 3.59. The minimum atomic E-state index is 0.468. The van der Waals surface area contributed by atoms with E-state index in [9.17, 15) is 0 Å². The molecule has 0 radical (unpaired) electrons. The number of nitrogens with one attached hydrogen (secondary N) is 1. The fourth-order valence-corrected chi connectivity index (χ4v) is 2.97. The molecular weight excluding hydrogens is 300 g/mol. The minimum Gasteiger partial charge on any atom is -0.384 e. The SMILES string of the molecule is CCNc1c(C(C)C)c(C)nc2c(C)c(Br)ccc12. The molecule has 102 valence electrons. The van der Waals surface area contributed by atoms with Crippen molar-refractivity contribution in [3.63, 3.8) is 0 Å². The number of nitrogens with zero attached hydrogens (tertiary/aromatic N) is 1. The molecule has 0 aliphatic heterocycles. The van der Waals surface area contributed by atoms with Gasteiger partial charge in [-0.1, -0.05) is 29.8 Å².